The largest absolute Gasteiger partial charge is 0.497 e. The number of ether oxygens (including phenoxy) is 1. The Bertz CT molecular complexity index is 1060. The van der Waals surface area contributed by atoms with E-state index in [0.29, 0.717) is 11.4 Å². The van der Waals surface area contributed by atoms with E-state index in [9.17, 15) is 4.79 Å². The molecular formula is C21H22BrN5O2S. The molecular weight excluding hydrogens is 466 g/mol. The number of halogens is 1. The summed E-state index contributed by atoms with van der Waals surface area (Å²) in [5.41, 5.74) is 0.674. The van der Waals surface area contributed by atoms with Gasteiger partial charge in [0.2, 0.25) is 0 Å². The van der Waals surface area contributed by atoms with Crippen LogP contribution in [0.1, 0.15) is 12.8 Å². The summed E-state index contributed by atoms with van der Waals surface area (Å²) in [5, 5.41) is 13.5. The topological polar surface area (TPSA) is 70.6 Å². The van der Waals surface area contributed by atoms with Crippen LogP contribution < -0.4 is 15.0 Å². The summed E-state index contributed by atoms with van der Waals surface area (Å²) >= 11 is 8.01. The van der Waals surface area contributed by atoms with E-state index < -0.39 is 0 Å². The average molecular weight is 488 g/mol. The van der Waals surface area contributed by atoms with Gasteiger partial charge in [-0.25, -0.2) is 4.79 Å². The van der Waals surface area contributed by atoms with Gasteiger partial charge < -0.3 is 15.0 Å². The van der Waals surface area contributed by atoms with E-state index in [4.69, 9.17) is 4.74 Å². The Morgan fingerprint density at radius 3 is 2.83 bits per heavy atom. The fourth-order valence-corrected chi connectivity index (χ4v) is 4.28. The lowest BCUT2D eigenvalue weighted by Gasteiger charge is -2.36. The van der Waals surface area contributed by atoms with Crippen LogP contribution in [0.4, 0.5) is 16.3 Å². The smallest absolute Gasteiger partial charge is 0.331 e. The number of carbonyl (C=O) groups is 1. The predicted octanol–water partition coefficient (Wildman–Crippen LogP) is 4.75. The Morgan fingerprint density at radius 1 is 1.27 bits per heavy atom. The lowest BCUT2D eigenvalue weighted by molar-refractivity contribution is 0.223. The van der Waals surface area contributed by atoms with E-state index in [-0.39, 0.29) is 12.1 Å². The first kappa shape index (κ1) is 20.7. The van der Waals surface area contributed by atoms with Gasteiger partial charge in [-0.1, -0.05) is 40.9 Å². The first-order chi connectivity index (χ1) is 14.5. The molecule has 9 heteroatoms. The van der Waals surface area contributed by atoms with E-state index in [1.54, 1.807) is 19.4 Å². The molecule has 0 atom stereocenters. The van der Waals surface area contributed by atoms with Crippen molar-refractivity contribution < 1.29 is 9.53 Å². The zero-order chi connectivity index (χ0) is 21.1. The number of methoxy groups -OCH3 is 1. The van der Waals surface area contributed by atoms with Crippen LogP contribution >= 0.6 is 28.7 Å². The molecule has 7 nitrogen and oxygen atoms in total. The maximum atomic E-state index is 12.6. The summed E-state index contributed by atoms with van der Waals surface area (Å²) in [4.78, 5) is 14.9. The Morgan fingerprint density at radius 2 is 2.07 bits per heavy atom. The first-order valence-electron chi connectivity index (χ1n) is 9.64. The molecule has 3 aromatic rings. The zero-order valence-corrected chi connectivity index (χ0v) is 18.9. The molecule has 2 heterocycles. The van der Waals surface area contributed by atoms with E-state index in [0.717, 1.165) is 47.0 Å². The van der Waals surface area contributed by atoms with Gasteiger partial charge in [0.1, 0.15) is 5.75 Å². The molecule has 1 saturated heterocycles. The minimum Gasteiger partial charge on any atom is -0.497 e. The molecule has 0 unspecified atom stereocenters. The number of nitrogens with zero attached hydrogens (tertiary/aromatic N) is 4. The van der Waals surface area contributed by atoms with Crippen molar-refractivity contribution in [3.63, 3.8) is 0 Å². The Labute approximate surface area is 189 Å². The van der Waals surface area contributed by atoms with Crippen molar-refractivity contribution in [2.45, 2.75) is 18.9 Å². The van der Waals surface area contributed by atoms with Gasteiger partial charge >= 0.3 is 6.03 Å². The van der Waals surface area contributed by atoms with Gasteiger partial charge in [-0.15, -0.1) is 5.10 Å². The number of rotatable bonds is 4. The van der Waals surface area contributed by atoms with Gasteiger partial charge in [0.25, 0.3) is 0 Å². The minimum absolute atomic E-state index is 0.0323. The third-order valence-electron chi connectivity index (χ3n) is 5.24. The Balaban J connectivity index is 1.40. The Kier molecular flexibility index (Phi) is 6.29. The quantitative estimate of drug-likeness (QED) is 0.519. The lowest BCUT2D eigenvalue weighted by atomic mass is 10.0. The van der Waals surface area contributed by atoms with E-state index in [2.05, 4.69) is 55.2 Å². The van der Waals surface area contributed by atoms with Crippen LogP contribution in [0.15, 0.2) is 53.1 Å². The van der Waals surface area contributed by atoms with Crippen LogP contribution in [0, 0.1) is 0 Å². The van der Waals surface area contributed by atoms with Gasteiger partial charge in [-0.2, -0.15) is 5.10 Å². The van der Waals surface area contributed by atoms with Crippen LogP contribution in [-0.4, -0.2) is 46.8 Å². The number of urea groups is 1. The minimum atomic E-state index is -0.251. The zero-order valence-electron chi connectivity index (χ0n) is 16.5. The number of fused-ring (bicyclic) bond motifs is 1. The van der Waals surface area contributed by atoms with Crippen molar-refractivity contribution in [1.29, 1.82) is 0 Å². The molecule has 1 aromatic heterocycles. The van der Waals surface area contributed by atoms with E-state index in [1.807, 2.05) is 30.3 Å². The van der Waals surface area contributed by atoms with Crippen LogP contribution in [0.2, 0.25) is 0 Å². The van der Waals surface area contributed by atoms with E-state index >= 15 is 0 Å². The summed E-state index contributed by atoms with van der Waals surface area (Å²) in [7, 11) is 1.60. The molecule has 0 radical (unpaired) electrons. The monoisotopic (exact) mass is 487 g/mol. The first-order valence-corrected chi connectivity index (χ1v) is 10.8. The second kappa shape index (κ2) is 9.09. The molecule has 0 bridgehead atoms. The van der Waals surface area contributed by atoms with Crippen molar-refractivity contribution >= 4 is 57.1 Å². The molecule has 156 valence electrons. The molecule has 0 aliphatic carbocycles. The Hall–Kier alpha value is -2.52. The maximum Gasteiger partial charge on any atom is 0.331 e. The summed E-state index contributed by atoms with van der Waals surface area (Å²) in [5.74, 6) is 1.56. The summed E-state index contributed by atoms with van der Waals surface area (Å²) in [6.45, 7) is 1.54. The normalized spacial score (nSPS) is 14.6. The number of carbonyl (C=O) groups excluding carboxylic acids is 1. The standard InChI is InChI=1S/C21H22BrN5O2S/c1-29-18-4-2-3-16(12-18)24-21(28)27(30)17-7-9-26(10-8-17)20-19-11-15(22)6-5-14(19)13-23-25-20/h2-6,11-13,17,30H,7-10H2,1H3,(H,24,28). The fraction of sp³-hybridized carbons (Fsp3) is 0.286. The van der Waals surface area contributed by atoms with Crippen molar-refractivity contribution in [1.82, 2.24) is 14.5 Å². The highest BCUT2D eigenvalue weighted by Crippen LogP contribution is 2.30. The number of aromatic nitrogens is 2. The van der Waals surface area contributed by atoms with Gasteiger partial charge in [-0.3, -0.25) is 4.31 Å². The number of benzene rings is 2. The highest BCUT2D eigenvalue weighted by atomic mass is 79.9. The SMILES string of the molecule is COc1cccc(NC(=O)N(S)C2CCN(c3nncc4ccc(Br)cc34)CC2)c1. The highest BCUT2D eigenvalue weighted by Gasteiger charge is 2.27. The third kappa shape index (κ3) is 4.46. The summed E-state index contributed by atoms with van der Waals surface area (Å²) in [6, 6.07) is 13.1. The second-order valence-electron chi connectivity index (χ2n) is 7.12. The molecule has 0 saturated carbocycles. The van der Waals surface area contributed by atoms with Gasteiger partial charge in [-0.05, 0) is 37.1 Å². The molecule has 1 fully saturated rings. The molecule has 0 spiro atoms. The predicted molar refractivity (Wildman–Crippen MR) is 125 cm³/mol. The number of anilines is 2. The molecule has 2 amide bonds. The number of nitrogens with one attached hydrogen (secondary N) is 1. The number of thiol groups is 1. The number of amides is 2. The van der Waals surface area contributed by atoms with Crippen LogP contribution in [0.3, 0.4) is 0 Å². The second-order valence-corrected chi connectivity index (χ2v) is 8.47. The molecule has 1 aliphatic rings. The average Bonchev–Trinajstić information content (AvgIpc) is 2.78. The van der Waals surface area contributed by atoms with Crippen LogP contribution in [-0.2, 0) is 0 Å². The number of hydrogen-bond acceptors (Lipinski definition) is 6. The van der Waals surface area contributed by atoms with Crippen molar-refractivity contribution in [3.8, 4) is 5.75 Å². The molecule has 1 aliphatic heterocycles. The highest BCUT2D eigenvalue weighted by molar-refractivity contribution is 9.10. The van der Waals surface area contributed by atoms with Crippen LogP contribution in [0.5, 0.6) is 5.75 Å². The maximum absolute atomic E-state index is 12.6. The fourth-order valence-electron chi connectivity index (χ4n) is 3.64. The van der Waals surface area contributed by atoms with E-state index in [1.165, 1.54) is 4.31 Å². The molecule has 30 heavy (non-hydrogen) atoms. The van der Waals surface area contributed by atoms with Crippen molar-refractivity contribution in [2.75, 3.05) is 30.4 Å². The number of piperidine rings is 1. The molecule has 1 N–H and O–H groups in total. The summed E-state index contributed by atoms with van der Waals surface area (Å²) < 4.78 is 7.70. The molecule has 2 aromatic carbocycles. The van der Waals surface area contributed by atoms with Gasteiger partial charge in [0.05, 0.1) is 13.3 Å². The van der Waals surface area contributed by atoms with Crippen LogP contribution in [0.25, 0.3) is 10.8 Å². The van der Waals surface area contributed by atoms with Gasteiger partial charge in [0.15, 0.2) is 5.82 Å². The van der Waals surface area contributed by atoms with Crippen molar-refractivity contribution in [3.05, 3.63) is 53.1 Å². The summed E-state index contributed by atoms with van der Waals surface area (Å²) in [6.07, 6.45) is 3.36. The lowest BCUT2D eigenvalue weighted by Crippen LogP contribution is -2.45. The third-order valence-corrected chi connectivity index (χ3v) is 6.25. The van der Waals surface area contributed by atoms with Gasteiger partial charge in [0, 0.05) is 46.1 Å². The molecule has 4 rings (SSSR count). The number of hydrogen-bond donors (Lipinski definition) is 2. The van der Waals surface area contributed by atoms with Crippen molar-refractivity contribution in [2.24, 2.45) is 0 Å².